The van der Waals surface area contributed by atoms with Crippen LogP contribution in [0, 0.1) is 20.8 Å². The van der Waals surface area contributed by atoms with Crippen LogP contribution in [-0.4, -0.2) is 40.7 Å². The molecule has 1 aliphatic heterocycles. The molecule has 3 aromatic rings. The number of hydrogen-bond donors (Lipinski definition) is 1. The number of carbonyl (C=O) groups excluding carboxylic acids is 1. The number of furan rings is 1. The van der Waals surface area contributed by atoms with E-state index in [0.29, 0.717) is 6.04 Å². The van der Waals surface area contributed by atoms with Crippen molar-refractivity contribution in [3.05, 3.63) is 46.8 Å². The van der Waals surface area contributed by atoms with Crippen LogP contribution in [0.25, 0.3) is 11.0 Å². The van der Waals surface area contributed by atoms with E-state index in [-0.39, 0.29) is 12.3 Å². The highest BCUT2D eigenvalue weighted by atomic mass is 16.3. The zero-order chi connectivity index (χ0) is 19.8. The van der Waals surface area contributed by atoms with Gasteiger partial charge in [-0.05, 0) is 70.4 Å². The van der Waals surface area contributed by atoms with Gasteiger partial charge >= 0.3 is 0 Å². The Morgan fingerprint density at radius 1 is 1.25 bits per heavy atom. The summed E-state index contributed by atoms with van der Waals surface area (Å²) >= 11 is 0. The molecule has 0 spiro atoms. The molecule has 6 nitrogen and oxygen atoms in total. The molecule has 6 heteroatoms. The molecular weight excluding hydrogens is 352 g/mol. The molecule has 0 radical (unpaired) electrons. The molecule has 1 aliphatic rings. The van der Waals surface area contributed by atoms with E-state index in [1.165, 1.54) is 5.56 Å². The van der Waals surface area contributed by atoms with Crippen molar-refractivity contribution in [2.75, 3.05) is 25.5 Å². The molecule has 0 aliphatic carbocycles. The molecule has 0 bridgehead atoms. The minimum Gasteiger partial charge on any atom is -0.464 e. The fourth-order valence-electron chi connectivity index (χ4n) is 4.22. The lowest BCUT2D eigenvalue weighted by molar-refractivity contribution is -0.115. The van der Waals surface area contributed by atoms with E-state index >= 15 is 0 Å². The number of piperidine rings is 1. The Balaban J connectivity index is 1.51. The average molecular weight is 380 g/mol. The number of likely N-dealkylation sites (tertiary alicyclic amines) is 1. The summed E-state index contributed by atoms with van der Waals surface area (Å²) in [5.74, 6) is 0.728. The third-order valence-electron chi connectivity index (χ3n) is 5.95. The fourth-order valence-corrected chi connectivity index (χ4v) is 4.22. The molecule has 28 heavy (non-hydrogen) atoms. The molecule has 0 atom stereocenters. The number of carbonyl (C=O) groups is 1. The van der Waals surface area contributed by atoms with Crippen LogP contribution >= 0.6 is 0 Å². The van der Waals surface area contributed by atoms with Gasteiger partial charge in [0.15, 0.2) is 0 Å². The summed E-state index contributed by atoms with van der Waals surface area (Å²) in [4.78, 5) is 15.1. The summed E-state index contributed by atoms with van der Waals surface area (Å²) in [6.45, 7) is 8.32. The molecular formula is C22H28N4O2. The summed E-state index contributed by atoms with van der Waals surface area (Å²) in [6, 6.07) is 4.37. The lowest BCUT2D eigenvalue weighted by Gasteiger charge is -2.30. The van der Waals surface area contributed by atoms with Gasteiger partial charge in [-0.1, -0.05) is 6.07 Å². The van der Waals surface area contributed by atoms with E-state index in [2.05, 4.69) is 49.2 Å². The van der Waals surface area contributed by atoms with Crippen molar-refractivity contribution in [1.82, 2.24) is 14.7 Å². The normalized spacial score (nSPS) is 16.0. The molecule has 1 fully saturated rings. The number of fused-ring (bicyclic) bond motifs is 1. The molecule has 4 rings (SSSR count). The maximum Gasteiger partial charge on any atom is 0.230 e. The summed E-state index contributed by atoms with van der Waals surface area (Å²) in [5, 5.41) is 8.58. The van der Waals surface area contributed by atoms with Crippen molar-refractivity contribution in [1.29, 1.82) is 0 Å². The topological polar surface area (TPSA) is 63.3 Å². The van der Waals surface area contributed by atoms with Gasteiger partial charge in [-0.25, -0.2) is 4.68 Å². The second-order valence-electron chi connectivity index (χ2n) is 8.02. The highest BCUT2D eigenvalue weighted by molar-refractivity contribution is 5.96. The van der Waals surface area contributed by atoms with Gasteiger partial charge < -0.3 is 14.6 Å². The third kappa shape index (κ3) is 3.44. The number of nitrogens with one attached hydrogen (secondary N) is 1. The highest BCUT2D eigenvalue weighted by Crippen LogP contribution is 2.30. The number of hydrogen-bond acceptors (Lipinski definition) is 4. The second kappa shape index (κ2) is 7.43. The molecule has 1 aromatic carbocycles. The third-order valence-corrected chi connectivity index (χ3v) is 5.95. The van der Waals surface area contributed by atoms with Crippen LogP contribution in [0.15, 0.2) is 29.0 Å². The van der Waals surface area contributed by atoms with Gasteiger partial charge in [0.2, 0.25) is 5.91 Å². The first-order chi connectivity index (χ1) is 13.4. The van der Waals surface area contributed by atoms with Crippen LogP contribution in [0.3, 0.4) is 0 Å². The summed E-state index contributed by atoms with van der Waals surface area (Å²) in [6.07, 6.45) is 5.86. The predicted molar refractivity (Wildman–Crippen MR) is 111 cm³/mol. The molecule has 2 aromatic heterocycles. The first-order valence-electron chi connectivity index (χ1n) is 9.93. The number of benzene rings is 1. The predicted octanol–water partition coefficient (Wildman–Crippen LogP) is 4.00. The first kappa shape index (κ1) is 18.7. The Hall–Kier alpha value is -2.60. The second-order valence-corrected chi connectivity index (χ2v) is 8.02. The Labute approximate surface area is 165 Å². The number of aryl methyl sites for hydroxylation is 3. The van der Waals surface area contributed by atoms with Crippen LogP contribution in [0.4, 0.5) is 5.82 Å². The molecule has 0 unspecified atom stereocenters. The monoisotopic (exact) mass is 380 g/mol. The number of nitrogens with zero attached hydrogens (tertiary/aromatic N) is 3. The van der Waals surface area contributed by atoms with Gasteiger partial charge in [0.25, 0.3) is 0 Å². The largest absolute Gasteiger partial charge is 0.464 e. The Kier molecular flexibility index (Phi) is 4.98. The van der Waals surface area contributed by atoms with Crippen LogP contribution in [-0.2, 0) is 11.2 Å². The minimum atomic E-state index is -0.0463. The van der Waals surface area contributed by atoms with Crippen molar-refractivity contribution in [3.8, 4) is 0 Å². The van der Waals surface area contributed by atoms with E-state index in [4.69, 9.17) is 4.42 Å². The molecule has 148 valence electrons. The minimum absolute atomic E-state index is 0.0463. The zero-order valence-corrected chi connectivity index (χ0v) is 17.1. The lowest BCUT2D eigenvalue weighted by Crippen LogP contribution is -2.32. The SMILES string of the molecule is Cc1cc(C)c2c(CC(=O)Nc3ccnn3C3CCN(C)CC3)coc2c1C. The van der Waals surface area contributed by atoms with E-state index in [9.17, 15) is 4.79 Å². The Bertz CT molecular complexity index is 1010. The van der Waals surface area contributed by atoms with E-state index in [0.717, 1.165) is 59.4 Å². The van der Waals surface area contributed by atoms with Crippen molar-refractivity contribution in [3.63, 3.8) is 0 Å². The molecule has 1 amide bonds. The Morgan fingerprint density at radius 3 is 2.75 bits per heavy atom. The molecule has 3 heterocycles. The van der Waals surface area contributed by atoms with Gasteiger partial charge in [0, 0.05) is 17.0 Å². The number of aromatic nitrogens is 2. The molecule has 1 saturated heterocycles. The smallest absolute Gasteiger partial charge is 0.230 e. The van der Waals surface area contributed by atoms with Crippen LogP contribution in [0.2, 0.25) is 0 Å². The summed E-state index contributed by atoms with van der Waals surface area (Å²) in [5.41, 5.74) is 5.30. The Morgan fingerprint density at radius 2 is 2.00 bits per heavy atom. The van der Waals surface area contributed by atoms with Crippen molar-refractivity contribution in [2.45, 2.75) is 46.1 Å². The van der Waals surface area contributed by atoms with Gasteiger partial charge in [-0.3, -0.25) is 4.79 Å². The van der Waals surface area contributed by atoms with Gasteiger partial charge in [0.1, 0.15) is 11.4 Å². The van der Waals surface area contributed by atoms with E-state index in [1.807, 2.05) is 10.7 Å². The lowest BCUT2D eigenvalue weighted by atomic mass is 9.99. The fraction of sp³-hybridized carbons (Fsp3) is 0.455. The quantitative estimate of drug-likeness (QED) is 0.743. The zero-order valence-electron chi connectivity index (χ0n) is 17.1. The van der Waals surface area contributed by atoms with Gasteiger partial charge in [-0.2, -0.15) is 5.10 Å². The standard InChI is InChI=1S/C22H28N4O2/c1-14-11-15(2)21-17(13-28-22(21)16(14)3)12-20(27)24-19-5-8-23-26(19)18-6-9-25(4)10-7-18/h5,8,11,13,18H,6-7,9-10,12H2,1-4H3,(H,24,27). The van der Waals surface area contributed by atoms with Crippen molar-refractivity contribution in [2.24, 2.45) is 0 Å². The molecule has 1 N–H and O–H groups in total. The van der Waals surface area contributed by atoms with Crippen LogP contribution < -0.4 is 5.32 Å². The van der Waals surface area contributed by atoms with Gasteiger partial charge in [0.05, 0.1) is 24.9 Å². The number of rotatable bonds is 4. The highest BCUT2D eigenvalue weighted by Gasteiger charge is 2.22. The summed E-state index contributed by atoms with van der Waals surface area (Å²) < 4.78 is 7.77. The van der Waals surface area contributed by atoms with Gasteiger partial charge in [-0.15, -0.1) is 0 Å². The number of amides is 1. The molecule has 0 saturated carbocycles. The van der Waals surface area contributed by atoms with E-state index < -0.39 is 0 Å². The van der Waals surface area contributed by atoms with Crippen LogP contribution in [0.1, 0.15) is 41.1 Å². The van der Waals surface area contributed by atoms with E-state index in [1.54, 1.807) is 12.5 Å². The van der Waals surface area contributed by atoms with Crippen molar-refractivity contribution >= 4 is 22.7 Å². The maximum atomic E-state index is 12.8. The summed E-state index contributed by atoms with van der Waals surface area (Å²) in [7, 11) is 2.14. The maximum absolute atomic E-state index is 12.8. The average Bonchev–Trinajstić information content (AvgIpc) is 3.28. The first-order valence-corrected chi connectivity index (χ1v) is 9.93. The van der Waals surface area contributed by atoms with Crippen LogP contribution in [0.5, 0.6) is 0 Å². The van der Waals surface area contributed by atoms with Crippen molar-refractivity contribution < 1.29 is 9.21 Å². The number of anilines is 1.